The largest absolute Gasteiger partial charge is 0.462 e. The number of carbonyl (C=O) groups is 2. The summed E-state index contributed by atoms with van der Waals surface area (Å²) in [7, 11) is 0. The lowest BCUT2D eigenvalue weighted by molar-refractivity contribution is 0.0527. The minimum atomic E-state index is -0.485. The first-order valence-electron chi connectivity index (χ1n) is 8.53. The molecule has 2 N–H and O–H groups in total. The number of para-hydroxylation sites is 2. The van der Waals surface area contributed by atoms with Crippen molar-refractivity contribution in [1.82, 2.24) is 4.98 Å². The van der Waals surface area contributed by atoms with Crippen molar-refractivity contribution in [1.29, 1.82) is 0 Å². The van der Waals surface area contributed by atoms with Crippen LogP contribution in [0.25, 0.3) is 0 Å². The number of esters is 1. The molecule has 0 aliphatic rings. The van der Waals surface area contributed by atoms with Gasteiger partial charge in [-0.1, -0.05) is 30.3 Å². The molecule has 0 unspecified atom stereocenters. The van der Waals surface area contributed by atoms with Gasteiger partial charge in [-0.15, -0.1) is 0 Å². The minimum Gasteiger partial charge on any atom is -0.462 e. The average molecular weight is 361 g/mol. The van der Waals surface area contributed by atoms with E-state index in [1.54, 1.807) is 49.5 Å². The molecule has 1 heterocycles. The predicted molar refractivity (Wildman–Crippen MR) is 104 cm³/mol. The lowest BCUT2D eigenvalue weighted by atomic mass is 10.1. The Morgan fingerprint density at radius 3 is 2.48 bits per heavy atom. The molecule has 1 aromatic heterocycles. The molecular formula is C21H19N3O3. The number of benzene rings is 2. The summed E-state index contributed by atoms with van der Waals surface area (Å²) < 4.78 is 5.03. The fourth-order valence-electron chi connectivity index (χ4n) is 2.49. The quantitative estimate of drug-likeness (QED) is 0.642. The van der Waals surface area contributed by atoms with Crippen molar-refractivity contribution in [3.63, 3.8) is 0 Å². The Balaban J connectivity index is 1.77. The monoisotopic (exact) mass is 361 g/mol. The average Bonchev–Trinajstić information content (AvgIpc) is 2.69. The van der Waals surface area contributed by atoms with E-state index in [2.05, 4.69) is 15.6 Å². The van der Waals surface area contributed by atoms with Gasteiger partial charge in [-0.25, -0.2) is 4.79 Å². The SMILES string of the molecule is CCOC(=O)c1ccccc1NC(=O)c1cc(Nc2ccccc2)ccn1. The van der Waals surface area contributed by atoms with Crippen molar-refractivity contribution in [3.8, 4) is 0 Å². The Morgan fingerprint density at radius 2 is 1.70 bits per heavy atom. The fourth-order valence-corrected chi connectivity index (χ4v) is 2.49. The Morgan fingerprint density at radius 1 is 0.963 bits per heavy atom. The smallest absolute Gasteiger partial charge is 0.340 e. The van der Waals surface area contributed by atoms with Crippen LogP contribution in [0.4, 0.5) is 17.1 Å². The van der Waals surface area contributed by atoms with E-state index >= 15 is 0 Å². The summed E-state index contributed by atoms with van der Waals surface area (Å²) in [5.74, 6) is -0.899. The second-order valence-electron chi connectivity index (χ2n) is 5.64. The van der Waals surface area contributed by atoms with E-state index < -0.39 is 11.9 Å². The number of ether oxygens (including phenoxy) is 1. The van der Waals surface area contributed by atoms with Gasteiger partial charge >= 0.3 is 5.97 Å². The van der Waals surface area contributed by atoms with Crippen LogP contribution in [0.5, 0.6) is 0 Å². The summed E-state index contributed by atoms with van der Waals surface area (Å²) in [5.41, 5.74) is 2.55. The molecule has 0 spiro atoms. The molecule has 0 aliphatic heterocycles. The lowest BCUT2D eigenvalue weighted by Crippen LogP contribution is -2.17. The van der Waals surface area contributed by atoms with Crippen LogP contribution in [-0.4, -0.2) is 23.5 Å². The van der Waals surface area contributed by atoms with E-state index in [-0.39, 0.29) is 12.3 Å². The van der Waals surface area contributed by atoms with Gasteiger partial charge in [0, 0.05) is 17.6 Å². The molecule has 0 aliphatic carbocycles. The molecule has 6 nitrogen and oxygen atoms in total. The van der Waals surface area contributed by atoms with Crippen molar-refractivity contribution in [2.24, 2.45) is 0 Å². The highest BCUT2D eigenvalue weighted by Gasteiger charge is 2.15. The Kier molecular flexibility index (Phi) is 5.79. The van der Waals surface area contributed by atoms with Crippen LogP contribution in [0.1, 0.15) is 27.8 Å². The van der Waals surface area contributed by atoms with Gasteiger partial charge < -0.3 is 15.4 Å². The first-order chi connectivity index (χ1) is 13.2. The maximum absolute atomic E-state index is 12.6. The highest BCUT2D eigenvalue weighted by atomic mass is 16.5. The summed E-state index contributed by atoms with van der Waals surface area (Å²) >= 11 is 0. The molecule has 27 heavy (non-hydrogen) atoms. The van der Waals surface area contributed by atoms with Crippen LogP contribution in [-0.2, 0) is 4.74 Å². The van der Waals surface area contributed by atoms with Crippen molar-refractivity contribution >= 4 is 28.9 Å². The number of rotatable bonds is 6. The van der Waals surface area contributed by atoms with Crippen LogP contribution in [0.3, 0.4) is 0 Å². The number of anilines is 3. The summed E-state index contributed by atoms with van der Waals surface area (Å²) in [6.45, 7) is 1.99. The summed E-state index contributed by atoms with van der Waals surface area (Å²) in [5, 5.41) is 5.94. The minimum absolute atomic E-state index is 0.231. The van der Waals surface area contributed by atoms with Gasteiger partial charge in [-0.3, -0.25) is 9.78 Å². The highest BCUT2D eigenvalue weighted by Crippen LogP contribution is 2.19. The Bertz CT molecular complexity index is 942. The van der Waals surface area contributed by atoms with E-state index in [1.807, 2.05) is 30.3 Å². The molecule has 0 saturated heterocycles. The van der Waals surface area contributed by atoms with E-state index in [0.29, 0.717) is 11.3 Å². The molecule has 1 amide bonds. The third-order valence-electron chi connectivity index (χ3n) is 3.73. The maximum Gasteiger partial charge on any atom is 0.340 e. The lowest BCUT2D eigenvalue weighted by Gasteiger charge is -2.11. The predicted octanol–water partition coefficient (Wildman–Crippen LogP) is 4.25. The number of carbonyl (C=O) groups excluding carboxylic acids is 2. The van der Waals surface area contributed by atoms with Crippen molar-refractivity contribution < 1.29 is 14.3 Å². The van der Waals surface area contributed by atoms with Crippen LogP contribution < -0.4 is 10.6 Å². The van der Waals surface area contributed by atoms with Gasteiger partial charge in [-0.05, 0) is 43.3 Å². The Hall–Kier alpha value is -3.67. The number of pyridine rings is 1. The van der Waals surface area contributed by atoms with E-state index in [9.17, 15) is 9.59 Å². The molecule has 2 aromatic carbocycles. The van der Waals surface area contributed by atoms with Crippen molar-refractivity contribution in [2.45, 2.75) is 6.92 Å². The van der Waals surface area contributed by atoms with E-state index in [0.717, 1.165) is 11.4 Å². The van der Waals surface area contributed by atoms with Crippen LogP contribution in [0, 0.1) is 0 Å². The second kappa shape index (κ2) is 8.62. The maximum atomic E-state index is 12.6. The van der Waals surface area contributed by atoms with Crippen LogP contribution in [0.2, 0.25) is 0 Å². The summed E-state index contributed by atoms with van der Waals surface area (Å²) in [6, 6.07) is 19.7. The molecule has 3 aromatic rings. The second-order valence-corrected chi connectivity index (χ2v) is 5.64. The normalized spacial score (nSPS) is 10.1. The van der Waals surface area contributed by atoms with Crippen LogP contribution >= 0.6 is 0 Å². The molecule has 0 saturated carbocycles. The Labute approximate surface area is 157 Å². The number of hydrogen-bond acceptors (Lipinski definition) is 5. The molecular weight excluding hydrogens is 342 g/mol. The summed E-state index contributed by atoms with van der Waals surface area (Å²) in [4.78, 5) is 28.8. The number of nitrogens with one attached hydrogen (secondary N) is 2. The van der Waals surface area contributed by atoms with Gasteiger partial charge in [-0.2, -0.15) is 0 Å². The fraction of sp³-hybridized carbons (Fsp3) is 0.0952. The van der Waals surface area contributed by atoms with Crippen LogP contribution in [0.15, 0.2) is 72.9 Å². The van der Waals surface area contributed by atoms with Gasteiger partial charge in [0.05, 0.1) is 17.9 Å². The molecule has 0 radical (unpaired) electrons. The molecule has 0 fully saturated rings. The number of amides is 1. The van der Waals surface area contributed by atoms with E-state index in [1.165, 1.54) is 0 Å². The third kappa shape index (κ3) is 4.70. The molecule has 136 valence electrons. The first kappa shape index (κ1) is 18.1. The first-order valence-corrected chi connectivity index (χ1v) is 8.53. The van der Waals surface area contributed by atoms with E-state index in [4.69, 9.17) is 4.74 Å². The zero-order valence-corrected chi connectivity index (χ0v) is 14.8. The molecule has 6 heteroatoms. The van der Waals surface area contributed by atoms with Gasteiger partial charge in [0.25, 0.3) is 5.91 Å². The van der Waals surface area contributed by atoms with Gasteiger partial charge in [0.1, 0.15) is 5.69 Å². The number of hydrogen-bond donors (Lipinski definition) is 2. The number of nitrogens with zero attached hydrogens (tertiary/aromatic N) is 1. The summed E-state index contributed by atoms with van der Waals surface area (Å²) in [6.07, 6.45) is 1.55. The third-order valence-corrected chi connectivity index (χ3v) is 3.73. The topological polar surface area (TPSA) is 80.3 Å². The molecule has 0 atom stereocenters. The van der Waals surface area contributed by atoms with Crippen molar-refractivity contribution in [3.05, 3.63) is 84.2 Å². The van der Waals surface area contributed by atoms with Gasteiger partial charge in [0.15, 0.2) is 0 Å². The zero-order chi connectivity index (χ0) is 19.1. The standard InChI is InChI=1S/C21H19N3O3/c1-2-27-21(26)17-10-6-7-11-18(17)24-20(25)19-14-16(12-13-22-19)23-15-8-4-3-5-9-15/h3-14H,2H2,1H3,(H,22,23)(H,24,25). The molecule has 3 rings (SSSR count). The van der Waals surface area contributed by atoms with Gasteiger partial charge in [0.2, 0.25) is 0 Å². The number of aromatic nitrogens is 1. The highest BCUT2D eigenvalue weighted by molar-refractivity contribution is 6.07. The zero-order valence-electron chi connectivity index (χ0n) is 14.8. The molecule has 0 bridgehead atoms. The van der Waals surface area contributed by atoms with Crippen molar-refractivity contribution in [2.75, 3.05) is 17.2 Å².